The van der Waals surface area contributed by atoms with Crippen molar-refractivity contribution in [2.45, 2.75) is 32.4 Å². The molecule has 2 aliphatic rings. The van der Waals surface area contributed by atoms with Crippen LogP contribution in [0.5, 0.6) is 5.75 Å². The van der Waals surface area contributed by atoms with Crippen molar-refractivity contribution in [3.05, 3.63) is 65.7 Å². The number of hydrogen-bond donors (Lipinski definition) is 0. The number of piperazine rings is 1. The quantitative estimate of drug-likeness (QED) is 0.653. The summed E-state index contributed by atoms with van der Waals surface area (Å²) < 4.78 is 5.56. The van der Waals surface area contributed by atoms with Crippen LogP contribution in [0.15, 0.2) is 54.6 Å². The smallest absolute Gasteiger partial charge is 0.312 e. The SMILES string of the molecule is Cc1ccc(CN2CCN(C3CCN(C(=O)COc4ccccc4)CC3)C(=O)C2=O)cc1. The van der Waals surface area contributed by atoms with E-state index in [0.717, 1.165) is 11.1 Å². The highest BCUT2D eigenvalue weighted by Gasteiger charge is 2.37. The number of likely N-dealkylation sites (tertiary alicyclic amines) is 1. The van der Waals surface area contributed by atoms with Gasteiger partial charge in [-0.25, -0.2) is 0 Å². The van der Waals surface area contributed by atoms with Crippen LogP contribution in [0.1, 0.15) is 24.0 Å². The fraction of sp³-hybridized carbons (Fsp3) is 0.400. The van der Waals surface area contributed by atoms with E-state index in [-0.39, 0.29) is 18.6 Å². The van der Waals surface area contributed by atoms with Crippen molar-refractivity contribution < 1.29 is 19.1 Å². The fourth-order valence-electron chi connectivity index (χ4n) is 4.28. The van der Waals surface area contributed by atoms with Gasteiger partial charge in [-0.15, -0.1) is 0 Å². The number of carbonyl (C=O) groups is 3. The van der Waals surface area contributed by atoms with Crippen LogP contribution in [0.3, 0.4) is 0 Å². The lowest BCUT2D eigenvalue weighted by molar-refractivity contribution is -0.159. The Bertz CT molecular complexity index is 953. The zero-order valence-corrected chi connectivity index (χ0v) is 18.4. The summed E-state index contributed by atoms with van der Waals surface area (Å²) in [6.07, 6.45) is 1.35. The maximum atomic E-state index is 12.8. The third-order valence-corrected chi connectivity index (χ3v) is 6.20. The Morgan fingerprint density at radius 2 is 1.59 bits per heavy atom. The molecule has 0 aromatic heterocycles. The first-order valence-corrected chi connectivity index (χ1v) is 11.1. The second-order valence-corrected chi connectivity index (χ2v) is 8.42. The van der Waals surface area contributed by atoms with Gasteiger partial charge < -0.3 is 19.4 Å². The molecule has 0 aliphatic carbocycles. The fourth-order valence-corrected chi connectivity index (χ4v) is 4.28. The summed E-state index contributed by atoms with van der Waals surface area (Å²) in [5.74, 6) is -0.256. The summed E-state index contributed by atoms with van der Waals surface area (Å²) in [5.41, 5.74) is 2.19. The van der Waals surface area contributed by atoms with E-state index in [0.29, 0.717) is 51.3 Å². The molecule has 32 heavy (non-hydrogen) atoms. The molecule has 0 atom stereocenters. The number of benzene rings is 2. The lowest BCUT2D eigenvalue weighted by Gasteiger charge is -2.42. The predicted octanol–water partition coefficient (Wildman–Crippen LogP) is 2.24. The molecule has 0 saturated carbocycles. The number of piperidine rings is 1. The summed E-state index contributed by atoms with van der Waals surface area (Å²) in [5, 5.41) is 0. The van der Waals surface area contributed by atoms with Gasteiger partial charge in [0.2, 0.25) is 0 Å². The molecule has 2 aromatic carbocycles. The van der Waals surface area contributed by atoms with Crippen LogP contribution in [0.2, 0.25) is 0 Å². The van der Waals surface area contributed by atoms with E-state index in [1.807, 2.05) is 61.5 Å². The average Bonchev–Trinajstić information content (AvgIpc) is 2.83. The number of rotatable bonds is 6. The highest BCUT2D eigenvalue weighted by Crippen LogP contribution is 2.21. The minimum Gasteiger partial charge on any atom is -0.484 e. The normalized spacial score (nSPS) is 17.6. The Labute approximate surface area is 188 Å². The maximum Gasteiger partial charge on any atom is 0.312 e. The van der Waals surface area contributed by atoms with Crippen molar-refractivity contribution >= 4 is 17.7 Å². The van der Waals surface area contributed by atoms with Crippen molar-refractivity contribution in [3.63, 3.8) is 0 Å². The van der Waals surface area contributed by atoms with E-state index in [2.05, 4.69) is 0 Å². The van der Waals surface area contributed by atoms with Crippen molar-refractivity contribution in [3.8, 4) is 5.75 Å². The van der Waals surface area contributed by atoms with Crippen molar-refractivity contribution in [2.24, 2.45) is 0 Å². The van der Waals surface area contributed by atoms with Crippen molar-refractivity contribution in [2.75, 3.05) is 32.8 Å². The van der Waals surface area contributed by atoms with Crippen LogP contribution in [0.25, 0.3) is 0 Å². The van der Waals surface area contributed by atoms with Gasteiger partial charge in [-0.2, -0.15) is 0 Å². The van der Waals surface area contributed by atoms with Crippen LogP contribution < -0.4 is 4.74 Å². The molecule has 2 aromatic rings. The second kappa shape index (κ2) is 9.85. The van der Waals surface area contributed by atoms with E-state index in [1.165, 1.54) is 0 Å². The molecule has 2 heterocycles. The van der Waals surface area contributed by atoms with E-state index < -0.39 is 11.8 Å². The minimum atomic E-state index is -0.438. The Morgan fingerprint density at radius 1 is 0.906 bits per heavy atom. The standard InChI is InChI=1S/C25H29N3O4/c1-19-7-9-20(10-8-19)17-27-15-16-28(25(31)24(27)30)21-11-13-26(14-12-21)23(29)18-32-22-5-3-2-4-6-22/h2-10,21H,11-18H2,1H3. The Morgan fingerprint density at radius 3 is 2.28 bits per heavy atom. The molecular weight excluding hydrogens is 406 g/mol. The molecule has 2 aliphatic heterocycles. The zero-order valence-electron chi connectivity index (χ0n) is 18.4. The highest BCUT2D eigenvalue weighted by atomic mass is 16.5. The molecule has 0 N–H and O–H groups in total. The van der Waals surface area contributed by atoms with E-state index >= 15 is 0 Å². The maximum absolute atomic E-state index is 12.8. The Hall–Kier alpha value is -3.35. The lowest BCUT2D eigenvalue weighted by Crippen LogP contribution is -2.59. The first-order valence-electron chi connectivity index (χ1n) is 11.1. The first-order chi connectivity index (χ1) is 15.5. The predicted molar refractivity (Wildman–Crippen MR) is 120 cm³/mol. The van der Waals surface area contributed by atoms with E-state index in [1.54, 1.807) is 14.7 Å². The molecule has 7 nitrogen and oxygen atoms in total. The van der Waals surface area contributed by atoms with Crippen molar-refractivity contribution in [1.29, 1.82) is 0 Å². The van der Waals surface area contributed by atoms with E-state index in [9.17, 15) is 14.4 Å². The van der Waals surface area contributed by atoms with Crippen LogP contribution in [0.4, 0.5) is 0 Å². The molecule has 0 bridgehead atoms. The van der Waals surface area contributed by atoms with Gasteiger partial charge in [0.05, 0.1) is 0 Å². The number of nitrogens with zero attached hydrogens (tertiary/aromatic N) is 3. The highest BCUT2D eigenvalue weighted by molar-refractivity contribution is 6.35. The molecule has 2 fully saturated rings. The van der Waals surface area contributed by atoms with Gasteiger partial charge in [0.15, 0.2) is 6.61 Å². The van der Waals surface area contributed by atoms with Crippen LogP contribution in [0, 0.1) is 6.92 Å². The largest absolute Gasteiger partial charge is 0.484 e. The van der Waals surface area contributed by atoms with Gasteiger partial charge in [-0.3, -0.25) is 14.4 Å². The molecular formula is C25H29N3O4. The summed E-state index contributed by atoms with van der Waals surface area (Å²) in [7, 11) is 0. The molecule has 0 spiro atoms. The number of aryl methyl sites for hydroxylation is 1. The van der Waals surface area contributed by atoms with Gasteiger partial charge in [-0.05, 0) is 37.5 Å². The lowest BCUT2D eigenvalue weighted by atomic mass is 10.0. The molecule has 3 amide bonds. The molecule has 0 unspecified atom stereocenters. The number of ether oxygens (including phenoxy) is 1. The topological polar surface area (TPSA) is 70.2 Å². The average molecular weight is 436 g/mol. The molecule has 2 saturated heterocycles. The second-order valence-electron chi connectivity index (χ2n) is 8.42. The Kier molecular flexibility index (Phi) is 6.73. The summed E-state index contributed by atoms with van der Waals surface area (Å²) >= 11 is 0. The number of carbonyl (C=O) groups excluding carboxylic acids is 3. The van der Waals surface area contributed by atoms with E-state index in [4.69, 9.17) is 4.74 Å². The van der Waals surface area contributed by atoms with Crippen LogP contribution in [-0.2, 0) is 20.9 Å². The molecule has 4 rings (SSSR count). The third-order valence-electron chi connectivity index (χ3n) is 6.20. The third kappa shape index (κ3) is 5.10. The molecule has 0 radical (unpaired) electrons. The number of para-hydroxylation sites is 1. The number of amides is 3. The monoisotopic (exact) mass is 435 g/mol. The zero-order chi connectivity index (χ0) is 22.5. The number of hydrogen-bond acceptors (Lipinski definition) is 4. The van der Waals surface area contributed by atoms with Gasteiger partial charge in [-0.1, -0.05) is 48.0 Å². The van der Waals surface area contributed by atoms with Gasteiger partial charge in [0.25, 0.3) is 5.91 Å². The summed E-state index contributed by atoms with van der Waals surface area (Å²) in [4.78, 5) is 43.1. The van der Waals surface area contributed by atoms with Crippen molar-refractivity contribution in [1.82, 2.24) is 14.7 Å². The first kappa shape index (κ1) is 21.9. The van der Waals surface area contributed by atoms with Gasteiger partial charge >= 0.3 is 11.8 Å². The summed E-state index contributed by atoms with van der Waals surface area (Å²) in [6.45, 7) is 4.66. The van der Waals surface area contributed by atoms with Gasteiger partial charge in [0, 0.05) is 38.8 Å². The molecule has 168 valence electrons. The van der Waals surface area contributed by atoms with Crippen LogP contribution >= 0.6 is 0 Å². The van der Waals surface area contributed by atoms with Crippen LogP contribution in [-0.4, -0.2) is 71.2 Å². The minimum absolute atomic E-state index is 0.00375. The summed E-state index contributed by atoms with van der Waals surface area (Å²) in [6, 6.07) is 17.3. The Balaban J connectivity index is 1.25. The van der Waals surface area contributed by atoms with Gasteiger partial charge in [0.1, 0.15) is 5.75 Å². The molecule has 7 heteroatoms.